The number of nitrogens with zero attached hydrogens (tertiary/aromatic N) is 3. The van der Waals surface area contributed by atoms with E-state index >= 15 is 0 Å². The number of rotatable bonds is 8. The zero-order chi connectivity index (χ0) is 29.8. The molecule has 0 unspecified atom stereocenters. The number of amides is 1. The van der Waals surface area contributed by atoms with Crippen molar-refractivity contribution in [2.24, 2.45) is 0 Å². The van der Waals surface area contributed by atoms with Crippen molar-refractivity contribution in [2.45, 2.75) is 44.4 Å². The zero-order valence-electron chi connectivity index (χ0n) is 24.3. The highest BCUT2D eigenvalue weighted by atomic mass is 16.3. The van der Waals surface area contributed by atoms with Crippen LogP contribution in [0.4, 0.5) is 0 Å². The van der Waals surface area contributed by atoms with E-state index in [-0.39, 0.29) is 17.5 Å². The first kappa shape index (κ1) is 28.5. The molecule has 0 aliphatic carbocycles. The van der Waals surface area contributed by atoms with E-state index in [0.29, 0.717) is 65.9 Å². The standard InChI is InChI=1S/C36H36N4O3/c1-2-30(26-13-5-3-6-14-26)38-34(41)33-28-17-9-10-18-29(28)35(42)40(27-15-7-4-8-16-27)31(33)25-39-23-20-36(43,21-24-39)32-19-11-12-22-37-32/h3-19,22,30,43H,2,20-21,23-25H2,1H3,(H,38,41)/t30-/m0/s1. The third kappa shape index (κ3) is 5.74. The molecule has 0 radical (unpaired) electrons. The number of para-hydroxylation sites is 1. The van der Waals surface area contributed by atoms with Gasteiger partial charge in [0, 0.05) is 42.3 Å². The molecule has 3 aromatic carbocycles. The van der Waals surface area contributed by atoms with Crippen molar-refractivity contribution in [3.05, 3.63) is 142 Å². The molecule has 3 heterocycles. The summed E-state index contributed by atoms with van der Waals surface area (Å²) in [5, 5.41) is 15.8. The van der Waals surface area contributed by atoms with Crippen molar-refractivity contribution in [1.82, 2.24) is 19.8 Å². The molecule has 218 valence electrons. The maximum Gasteiger partial charge on any atom is 0.263 e. The van der Waals surface area contributed by atoms with Crippen LogP contribution in [0.15, 0.2) is 114 Å². The van der Waals surface area contributed by atoms with Crippen molar-refractivity contribution in [2.75, 3.05) is 13.1 Å². The second-order valence-corrected chi connectivity index (χ2v) is 11.2. The summed E-state index contributed by atoms with van der Waals surface area (Å²) in [6.07, 6.45) is 3.43. The molecular formula is C36H36N4O3. The Kier molecular flexibility index (Phi) is 8.18. The Morgan fingerprint density at radius 1 is 0.884 bits per heavy atom. The van der Waals surface area contributed by atoms with E-state index < -0.39 is 5.60 Å². The minimum absolute atomic E-state index is 0.162. The molecule has 1 saturated heterocycles. The average molecular weight is 573 g/mol. The van der Waals surface area contributed by atoms with Gasteiger partial charge in [0.2, 0.25) is 0 Å². The first-order chi connectivity index (χ1) is 21.0. The maximum absolute atomic E-state index is 14.4. The quantitative estimate of drug-likeness (QED) is 0.247. The van der Waals surface area contributed by atoms with Crippen LogP contribution < -0.4 is 10.9 Å². The molecule has 0 saturated carbocycles. The Balaban J connectivity index is 1.44. The van der Waals surface area contributed by atoms with Crippen LogP contribution in [0.3, 0.4) is 0 Å². The molecule has 6 rings (SSSR count). The van der Waals surface area contributed by atoms with E-state index in [9.17, 15) is 14.7 Å². The molecule has 0 bridgehead atoms. The number of hydrogen-bond donors (Lipinski definition) is 2. The Morgan fingerprint density at radius 2 is 1.51 bits per heavy atom. The minimum atomic E-state index is -1.01. The number of aromatic nitrogens is 2. The summed E-state index contributed by atoms with van der Waals surface area (Å²) < 4.78 is 1.69. The zero-order valence-corrected chi connectivity index (χ0v) is 24.3. The summed E-state index contributed by atoms with van der Waals surface area (Å²) in [4.78, 5) is 35.1. The van der Waals surface area contributed by atoms with Gasteiger partial charge in [-0.25, -0.2) is 0 Å². The minimum Gasteiger partial charge on any atom is -0.383 e. The van der Waals surface area contributed by atoms with Gasteiger partial charge in [0.25, 0.3) is 11.5 Å². The first-order valence-corrected chi connectivity index (χ1v) is 14.9. The lowest BCUT2D eigenvalue weighted by Crippen LogP contribution is -2.44. The van der Waals surface area contributed by atoms with Gasteiger partial charge in [-0.1, -0.05) is 79.7 Å². The lowest BCUT2D eigenvalue weighted by Gasteiger charge is -2.38. The SMILES string of the molecule is CC[C@H](NC(=O)c1c(CN2CCC(O)(c3ccccn3)CC2)n(-c2ccccc2)c(=O)c2ccccc12)c1ccccc1. The summed E-state index contributed by atoms with van der Waals surface area (Å²) in [5.74, 6) is -0.214. The highest BCUT2D eigenvalue weighted by molar-refractivity contribution is 6.08. The molecule has 1 aliphatic heterocycles. The number of aliphatic hydroxyl groups is 1. The largest absolute Gasteiger partial charge is 0.383 e. The predicted octanol–water partition coefficient (Wildman–Crippen LogP) is 5.75. The van der Waals surface area contributed by atoms with Crippen LogP contribution in [0, 0.1) is 0 Å². The molecule has 2 N–H and O–H groups in total. The van der Waals surface area contributed by atoms with E-state index in [1.165, 1.54) is 0 Å². The smallest absolute Gasteiger partial charge is 0.263 e. The van der Waals surface area contributed by atoms with Gasteiger partial charge in [-0.15, -0.1) is 0 Å². The number of likely N-dealkylation sites (tertiary alicyclic amines) is 1. The van der Waals surface area contributed by atoms with Crippen molar-refractivity contribution < 1.29 is 9.90 Å². The molecule has 7 nitrogen and oxygen atoms in total. The molecular weight excluding hydrogens is 536 g/mol. The summed E-state index contributed by atoms with van der Waals surface area (Å²) in [7, 11) is 0. The lowest BCUT2D eigenvalue weighted by atomic mass is 9.87. The van der Waals surface area contributed by atoms with Crippen molar-refractivity contribution in [1.29, 1.82) is 0 Å². The lowest BCUT2D eigenvalue weighted by molar-refractivity contribution is -0.0314. The Labute approximate surface area is 251 Å². The average Bonchev–Trinajstić information content (AvgIpc) is 3.06. The van der Waals surface area contributed by atoms with Gasteiger partial charge in [0.1, 0.15) is 5.60 Å². The predicted molar refractivity (Wildman–Crippen MR) is 169 cm³/mol. The van der Waals surface area contributed by atoms with Crippen LogP contribution in [0.1, 0.15) is 59.5 Å². The molecule has 5 aromatic rings. The van der Waals surface area contributed by atoms with E-state index in [1.807, 2.05) is 97.1 Å². The molecule has 7 heteroatoms. The van der Waals surface area contributed by atoms with Gasteiger partial charge in [-0.3, -0.25) is 24.0 Å². The fourth-order valence-electron chi connectivity index (χ4n) is 6.18. The normalized spacial score (nSPS) is 15.7. The fraction of sp³-hybridized carbons (Fsp3) is 0.250. The molecule has 43 heavy (non-hydrogen) atoms. The maximum atomic E-state index is 14.4. The van der Waals surface area contributed by atoms with Gasteiger partial charge in [-0.2, -0.15) is 0 Å². The fourth-order valence-corrected chi connectivity index (χ4v) is 6.18. The van der Waals surface area contributed by atoms with Crippen LogP contribution >= 0.6 is 0 Å². The summed E-state index contributed by atoms with van der Waals surface area (Å²) >= 11 is 0. The van der Waals surface area contributed by atoms with Gasteiger partial charge in [0.15, 0.2) is 0 Å². The van der Waals surface area contributed by atoms with Crippen LogP contribution in [-0.4, -0.2) is 38.6 Å². The van der Waals surface area contributed by atoms with Crippen molar-refractivity contribution in [3.63, 3.8) is 0 Å². The van der Waals surface area contributed by atoms with Gasteiger partial charge >= 0.3 is 0 Å². The second-order valence-electron chi connectivity index (χ2n) is 11.2. The molecule has 1 amide bonds. The summed E-state index contributed by atoms with van der Waals surface area (Å²) in [6.45, 7) is 3.60. The first-order valence-electron chi connectivity index (χ1n) is 14.9. The third-order valence-corrected chi connectivity index (χ3v) is 8.54. The summed E-state index contributed by atoms with van der Waals surface area (Å²) in [5.41, 5.74) is 2.38. The Morgan fingerprint density at radius 3 is 2.16 bits per heavy atom. The third-order valence-electron chi connectivity index (χ3n) is 8.54. The monoisotopic (exact) mass is 572 g/mol. The van der Waals surface area contributed by atoms with Crippen LogP contribution in [0.2, 0.25) is 0 Å². The van der Waals surface area contributed by atoms with Crippen molar-refractivity contribution >= 4 is 16.7 Å². The van der Waals surface area contributed by atoms with E-state index in [1.54, 1.807) is 16.8 Å². The number of carbonyl (C=O) groups is 1. The number of benzene rings is 3. The Hall–Kier alpha value is -4.59. The summed E-state index contributed by atoms with van der Waals surface area (Å²) in [6, 6.07) is 32.3. The van der Waals surface area contributed by atoms with E-state index in [2.05, 4.69) is 22.1 Å². The number of pyridine rings is 2. The highest BCUT2D eigenvalue weighted by Crippen LogP contribution is 2.33. The number of fused-ring (bicyclic) bond motifs is 1. The Bertz CT molecular complexity index is 1760. The van der Waals surface area contributed by atoms with Gasteiger partial charge in [-0.05, 0) is 55.2 Å². The molecule has 1 fully saturated rings. The van der Waals surface area contributed by atoms with Gasteiger partial charge < -0.3 is 10.4 Å². The van der Waals surface area contributed by atoms with E-state index in [4.69, 9.17) is 0 Å². The number of nitrogens with one attached hydrogen (secondary N) is 1. The van der Waals surface area contributed by atoms with Gasteiger partial charge in [0.05, 0.1) is 23.0 Å². The molecule has 0 spiro atoms. The molecule has 1 aliphatic rings. The molecule has 1 atom stereocenters. The van der Waals surface area contributed by atoms with Crippen LogP contribution in [0.5, 0.6) is 0 Å². The van der Waals surface area contributed by atoms with Crippen molar-refractivity contribution in [3.8, 4) is 5.69 Å². The van der Waals surface area contributed by atoms with Crippen LogP contribution in [-0.2, 0) is 12.1 Å². The topological polar surface area (TPSA) is 87.5 Å². The van der Waals surface area contributed by atoms with E-state index in [0.717, 1.165) is 12.0 Å². The second kappa shape index (κ2) is 12.3. The van der Waals surface area contributed by atoms with Crippen LogP contribution in [0.25, 0.3) is 16.5 Å². The number of hydrogen-bond acceptors (Lipinski definition) is 5. The molecule has 2 aromatic heterocycles. The highest BCUT2D eigenvalue weighted by Gasteiger charge is 2.36. The number of piperidine rings is 1. The number of carbonyl (C=O) groups excluding carboxylic acids is 1.